The Morgan fingerprint density at radius 2 is 1.65 bits per heavy atom. The summed E-state index contributed by atoms with van der Waals surface area (Å²) < 4.78 is 4.95. The van der Waals surface area contributed by atoms with Crippen LogP contribution >= 0.6 is 0 Å². The van der Waals surface area contributed by atoms with E-state index in [1.807, 2.05) is 13.8 Å². The Labute approximate surface area is 137 Å². The van der Waals surface area contributed by atoms with Crippen molar-refractivity contribution in [3.63, 3.8) is 0 Å². The van der Waals surface area contributed by atoms with Crippen LogP contribution in [0.3, 0.4) is 0 Å². The Balaban J connectivity index is 2.48. The fourth-order valence-electron chi connectivity index (χ4n) is 2.57. The van der Waals surface area contributed by atoms with Crippen molar-refractivity contribution >= 4 is 17.9 Å². The van der Waals surface area contributed by atoms with Gasteiger partial charge in [-0.15, -0.1) is 0 Å². The van der Waals surface area contributed by atoms with Gasteiger partial charge in [0.1, 0.15) is 0 Å². The first-order valence-electron chi connectivity index (χ1n) is 8.03. The molecule has 3 amide bonds. The molecule has 0 atom stereocenters. The van der Waals surface area contributed by atoms with Gasteiger partial charge in [0.05, 0.1) is 19.7 Å². The van der Waals surface area contributed by atoms with Gasteiger partial charge in [0, 0.05) is 32.7 Å². The SMILES string of the molecule is CCOC(=O)N1CCN(C(=O)CN(CC(N)=O)CC(C)C)CC1. The van der Waals surface area contributed by atoms with E-state index in [1.165, 1.54) is 0 Å². The summed E-state index contributed by atoms with van der Waals surface area (Å²) in [7, 11) is 0. The molecule has 2 N–H and O–H groups in total. The van der Waals surface area contributed by atoms with E-state index in [-0.39, 0.29) is 25.1 Å². The van der Waals surface area contributed by atoms with E-state index in [1.54, 1.807) is 21.6 Å². The maximum atomic E-state index is 12.4. The van der Waals surface area contributed by atoms with Gasteiger partial charge in [0.2, 0.25) is 11.8 Å². The van der Waals surface area contributed by atoms with Gasteiger partial charge in [0.15, 0.2) is 0 Å². The molecule has 8 nitrogen and oxygen atoms in total. The van der Waals surface area contributed by atoms with E-state index < -0.39 is 5.91 Å². The first kappa shape index (κ1) is 19.2. The highest BCUT2D eigenvalue weighted by Gasteiger charge is 2.26. The van der Waals surface area contributed by atoms with E-state index in [0.717, 1.165) is 0 Å². The minimum absolute atomic E-state index is 0.0459. The van der Waals surface area contributed by atoms with E-state index in [4.69, 9.17) is 10.5 Å². The van der Waals surface area contributed by atoms with E-state index in [2.05, 4.69) is 0 Å². The molecule has 0 aliphatic carbocycles. The Hall–Kier alpha value is -1.83. The van der Waals surface area contributed by atoms with Crippen molar-refractivity contribution in [2.75, 3.05) is 52.4 Å². The number of amides is 3. The van der Waals surface area contributed by atoms with E-state index in [0.29, 0.717) is 45.2 Å². The third-order valence-corrected chi connectivity index (χ3v) is 3.52. The van der Waals surface area contributed by atoms with Crippen molar-refractivity contribution in [2.45, 2.75) is 20.8 Å². The fraction of sp³-hybridized carbons (Fsp3) is 0.800. The quantitative estimate of drug-likeness (QED) is 0.694. The van der Waals surface area contributed by atoms with Crippen molar-refractivity contribution in [1.29, 1.82) is 0 Å². The lowest BCUT2D eigenvalue weighted by molar-refractivity contribution is -0.134. The molecule has 1 heterocycles. The lowest BCUT2D eigenvalue weighted by Crippen LogP contribution is -2.53. The molecule has 0 radical (unpaired) electrons. The number of carbonyl (C=O) groups is 3. The predicted octanol–water partition coefficient (Wildman–Crippen LogP) is -0.270. The molecule has 0 bridgehead atoms. The van der Waals surface area contributed by atoms with Crippen LogP contribution in [0.1, 0.15) is 20.8 Å². The Morgan fingerprint density at radius 3 is 2.13 bits per heavy atom. The van der Waals surface area contributed by atoms with Crippen molar-refractivity contribution < 1.29 is 19.1 Å². The zero-order chi connectivity index (χ0) is 17.4. The van der Waals surface area contributed by atoms with Crippen molar-refractivity contribution in [3.8, 4) is 0 Å². The summed E-state index contributed by atoms with van der Waals surface area (Å²) >= 11 is 0. The van der Waals surface area contributed by atoms with Crippen LogP contribution in [0, 0.1) is 5.92 Å². The second-order valence-electron chi connectivity index (χ2n) is 6.10. The minimum atomic E-state index is -0.439. The molecular formula is C15H28N4O4. The van der Waals surface area contributed by atoms with Gasteiger partial charge in [0.25, 0.3) is 0 Å². The molecule has 0 spiro atoms. The molecule has 132 valence electrons. The van der Waals surface area contributed by atoms with Gasteiger partial charge in [-0.25, -0.2) is 4.79 Å². The van der Waals surface area contributed by atoms with Crippen molar-refractivity contribution in [2.24, 2.45) is 11.7 Å². The molecule has 1 saturated heterocycles. The molecule has 8 heteroatoms. The molecule has 0 saturated carbocycles. The Kier molecular flexibility index (Phi) is 7.80. The normalized spacial score (nSPS) is 15.2. The number of nitrogens with zero attached hydrogens (tertiary/aromatic N) is 3. The van der Waals surface area contributed by atoms with Crippen LogP contribution in [0.2, 0.25) is 0 Å². The smallest absolute Gasteiger partial charge is 0.409 e. The van der Waals surface area contributed by atoms with Gasteiger partial charge in [-0.1, -0.05) is 13.8 Å². The van der Waals surface area contributed by atoms with Gasteiger partial charge in [-0.05, 0) is 12.8 Å². The van der Waals surface area contributed by atoms with E-state index >= 15 is 0 Å². The molecule has 1 aliphatic rings. The summed E-state index contributed by atoms with van der Waals surface area (Å²) in [4.78, 5) is 40.2. The molecule has 0 unspecified atom stereocenters. The zero-order valence-electron chi connectivity index (χ0n) is 14.3. The first-order valence-corrected chi connectivity index (χ1v) is 8.03. The molecule has 0 aromatic heterocycles. The Morgan fingerprint density at radius 1 is 1.09 bits per heavy atom. The van der Waals surface area contributed by atoms with Gasteiger partial charge >= 0.3 is 6.09 Å². The number of nitrogens with two attached hydrogens (primary N) is 1. The summed E-state index contributed by atoms with van der Waals surface area (Å²) in [6.45, 7) is 8.91. The fourth-order valence-corrected chi connectivity index (χ4v) is 2.57. The maximum absolute atomic E-state index is 12.4. The summed E-state index contributed by atoms with van der Waals surface area (Å²) in [5.74, 6) is -0.149. The minimum Gasteiger partial charge on any atom is -0.450 e. The number of hydrogen-bond donors (Lipinski definition) is 1. The summed E-state index contributed by atoms with van der Waals surface area (Å²) in [6, 6.07) is 0. The number of hydrogen-bond acceptors (Lipinski definition) is 5. The highest BCUT2D eigenvalue weighted by Crippen LogP contribution is 2.06. The Bertz CT molecular complexity index is 420. The monoisotopic (exact) mass is 328 g/mol. The number of piperazine rings is 1. The van der Waals surface area contributed by atoms with Crippen LogP contribution in [0.25, 0.3) is 0 Å². The first-order chi connectivity index (χ1) is 10.8. The van der Waals surface area contributed by atoms with Crippen molar-refractivity contribution in [1.82, 2.24) is 14.7 Å². The average Bonchev–Trinajstić information content (AvgIpc) is 2.46. The lowest BCUT2D eigenvalue weighted by atomic mass is 10.2. The lowest BCUT2D eigenvalue weighted by Gasteiger charge is -2.35. The topological polar surface area (TPSA) is 96.2 Å². The second-order valence-corrected chi connectivity index (χ2v) is 6.10. The van der Waals surface area contributed by atoms with Gasteiger partial charge < -0.3 is 20.3 Å². The highest BCUT2D eigenvalue weighted by molar-refractivity contribution is 5.80. The maximum Gasteiger partial charge on any atom is 0.409 e. The largest absolute Gasteiger partial charge is 0.450 e. The second kappa shape index (κ2) is 9.34. The zero-order valence-corrected chi connectivity index (χ0v) is 14.3. The third-order valence-electron chi connectivity index (χ3n) is 3.52. The number of carbonyl (C=O) groups excluding carboxylic acids is 3. The summed E-state index contributed by atoms with van der Waals surface area (Å²) in [5, 5.41) is 0. The van der Waals surface area contributed by atoms with Crippen LogP contribution < -0.4 is 5.73 Å². The molecule has 23 heavy (non-hydrogen) atoms. The summed E-state index contributed by atoms with van der Waals surface area (Å²) in [5.41, 5.74) is 5.24. The summed E-state index contributed by atoms with van der Waals surface area (Å²) in [6.07, 6.45) is -0.338. The molecular weight excluding hydrogens is 300 g/mol. The third kappa shape index (κ3) is 6.85. The van der Waals surface area contributed by atoms with Crippen LogP contribution in [0.5, 0.6) is 0 Å². The van der Waals surface area contributed by atoms with Crippen molar-refractivity contribution in [3.05, 3.63) is 0 Å². The number of ether oxygens (including phenoxy) is 1. The molecule has 0 aromatic rings. The number of primary amides is 1. The molecule has 1 aliphatic heterocycles. The van der Waals surface area contributed by atoms with Crippen LogP contribution in [0.15, 0.2) is 0 Å². The number of rotatable bonds is 7. The van der Waals surface area contributed by atoms with Crippen LogP contribution in [-0.2, 0) is 14.3 Å². The van der Waals surface area contributed by atoms with Gasteiger partial charge in [-0.2, -0.15) is 0 Å². The molecule has 1 fully saturated rings. The average molecular weight is 328 g/mol. The molecule has 0 aromatic carbocycles. The van der Waals surface area contributed by atoms with Gasteiger partial charge in [-0.3, -0.25) is 14.5 Å². The van der Waals surface area contributed by atoms with Crippen LogP contribution in [-0.4, -0.2) is 85.0 Å². The highest BCUT2D eigenvalue weighted by atomic mass is 16.6. The molecule has 1 rings (SSSR count). The standard InChI is InChI=1S/C15H28N4O4/c1-4-23-15(22)19-7-5-18(6-8-19)14(21)11-17(9-12(2)3)10-13(16)20/h12H,4-11H2,1-3H3,(H2,16,20). The predicted molar refractivity (Wildman–Crippen MR) is 85.6 cm³/mol. The van der Waals surface area contributed by atoms with E-state index in [9.17, 15) is 14.4 Å². The van der Waals surface area contributed by atoms with Crippen LogP contribution in [0.4, 0.5) is 4.79 Å².